The van der Waals surface area contributed by atoms with E-state index in [2.05, 4.69) is 0 Å². The van der Waals surface area contributed by atoms with Crippen LogP contribution in [-0.4, -0.2) is 22.6 Å². The lowest BCUT2D eigenvalue weighted by Gasteiger charge is -2.19. The van der Waals surface area contributed by atoms with Gasteiger partial charge in [-0.05, 0) is 30.0 Å². The molecule has 3 rings (SSSR count). The Bertz CT molecular complexity index is 1070. The predicted molar refractivity (Wildman–Crippen MR) is 112 cm³/mol. The van der Waals surface area contributed by atoms with Gasteiger partial charge in [0.1, 0.15) is 0 Å². The standard InChI is InChI=1S/C25H22O4/c1-3-18-19(4-2)22(24(27)17-13-9-6-10-14-17)21(25(28)29)15-20(18)23(26)16-11-7-5-8-12-16/h5-15H,3-4H2,1-2H3,(H,28,29). The Morgan fingerprint density at radius 3 is 1.62 bits per heavy atom. The van der Waals surface area contributed by atoms with E-state index in [9.17, 15) is 19.5 Å². The summed E-state index contributed by atoms with van der Waals surface area (Å²) in [5.41, 5.74) is 2.65. The number of hydrogen-bond acceptors (Lipinski definition) is 3. The zero-order valence-electron chi connectivity index (χ0n) is 16.4. The molecule has 146 valence electrons. The Kier molecular flexibility index (Phi) is 6.03. The van der Waals surface area contributed by atoms with Gasteiger partial charge >= 0.3 is 5.97 Å². The molecular formula is C25H22O4. The molecule has 0 fully saturated rings. The number of ketones is 2. The fourth-order valence-corrected chi connectivity index (χ4v) is 3.68. The van der Waals surface area contributed by atoms with Crippen molar-refractivity contribution in [3.8, 4) is 0 Å². The van der Waals surface area contributed by atoms with Gasteiger partial charge in [-0.2, -0.15) is 0 Å². The third-order valence-electron chi connectivity index (χ3n) is 5.03. The van der Waals surface area contributed by atoms with Gasteiger partial charge in [0.2, 0.25) is 0 Å². The molecule has 0 saturated carbocycles. The fraction of sp³-hybridized carbons (Fsp3) is 0.160. The first-order chi connectivity index (χ1) is 14.0. The number of carboxylic acid groups (broad SMARTS) is 1. The minimum absolute atomic E-state index is 0.132. The minimum atomic E-state index is -1.22. The molecule has 0 heterocycles. The number of hydrogen-bond donors (Lipinski definition) is 1. The predicted octanol–water partition coefficient (Wildman–Crippen LogP) is 4.97. The van der Waals surface area contributed by atoms with Gasteiger partial charge in [-0.15, -0.1) is 0 Å². The molecule has 0 atom stereocenters. The van der Waals surface area contributed by atoms with Gasteiger partial charge in [0.05, 0.1) is 5.56 Å². The highest BCUT2D eigenvalue weighted by Gasteiger charge is 2.27. The molecule has 3 aromatic rings. The maximum Gasteiger partial charge on any atom is 0.336 e. The molecule has 0 unspecified atom stereocenters. The molecule has 0 spiro atoms. The van der Waals surface area contributed by atoms with E-state index < -0.39 is 5.97 Å². The van der Waals surface area contributed by atoms with Gasteiger partial charge in [-0.1, -0.05) is 74.5 Å². The number of carbonyl (C=O) groups is 3. The van der Waals surface area contributed by atoms with Gasteiger partial charge in [-0.25, -0.2) is 4.79 Å². The maximum atomic E-state index is 13.2. The molecule has 3 aromatic carbocycles. The Labute approximate surface area is 169 Å². The summed E-state index contributed by atoms with van der Waals surface area (Å²) < 4.78 is 0. The molecule has 4 heteroatoms. The van der Waals surface area contributed by atoms with Crippen molar-refractivity contribution in [1.82, 2.24) is 0 Å². The van der Waals surface area contributed by atoms with E-state index in [1.807, 2.05) is 19.9 Å². The summed E-state index contributed by atoms with van der Waals surface area (Å²) in [4.78, 5) is 38.4. The second-order valence-corrected chi connectivity index (χ2v) is 6.71. The summed E-state index contributed by atoms with van der Waals surface area (Å²) >= 11 is 0. The fourth-order valence-electron chi connectivity index (χ4n) is 3.68. The van der Waals surface area contributed by atoms with Crippen molar-refractivity contribution >= 4 is 17.5 Å². The number of carboxylic acids is 1. The first-order valence-corrected chi connectivity index (χ1v) is 9.61. The SMILES string of the molecule is CCc1c(C(=O)c2ccccc2)cc(C(=O)O)c(C(=O)c2ccccc2)c1CC. The van der Waals surface area contributed by atoms with Crippen LogP contribution < -0.4 is 0 Å². The van der Waals surface area contributed by atoms with Crippen LogP contribution in [0.2, 0.25) is 0 Å². The highest BCUT2D eigenvalue weighted by atomic mass is 16.4. The number of benzene rings is 3. The molecule has 1 N–H and O–H groups in total. The second-order valence-electron chi connectivity index (χ2n) is 6.71. The maximum absolute atomic E-state index is 13.2. The van der Waals surface area contributed by atoms with Crippen LogP contribution in [0.25, 0.3) is 0 Å². The van der Waals surface area contributed by atoms with Crippen LogP contribution in [0.15, 0.2) is 66.7 Å². The molecule has 0 bridgehead atoms. The first-order valence-electron chi connectivity index (χ1n) is 9.61. The lowest BCUT2D eigenvalue weighted by atomic mass is 9.83. The average Bonchev–Trinajstić information content (AvgIpc) is 2.77. The first kappa shape index (κ1) is 20.2. The van der Waals surface area contributed by atoms with Gasteiger partial charge < -0.3 is 5.11 Å². The van der Waals surface area contributed by atoms with Crippen LogP contribution in [0.5, 0.6) is 0 Å². The van der Waals surface area contributed by atoms with E-state index in [0.29, 0.717) is 35.1 Å². The molecule has 4 nitrogen and oxygen atoms in total. The van der Waals surface area contributed by atoms with E-state index in [1.54, 1.807) is 54.6 Å². The zero-order chi connectivity index (χ0) is 21.0. The number of rotatable bonds is 7. The molecule has 0 aliphatic heterocycles. The van der Waals surface area contributed by atoms with Crippen molar-refractivity contribution in [3.05, 3.63) is 106 Å². The Balaban J connectivity index is 2.29. The Morgan fingerprint density at radius 1 is 0.690 bits per heavy atom. The third kappa shape index (κ3) is 3.87. The third-order valence-corrected chi connectivity index (χ3v) is 5.03. The summed E-state index contributed by atoms with van der Waals surface area (Å²) in [5.74, 6) is -1.80. The van der Waals surface area contributed by atoms with Gasteiger partial charge in [0.25, 0.3) is 0 Å². The lowest BCUT2D eigenvalue weighted by molar-refractivity contribution is 0.0692. The zero-order valence-corrected chi connectivity index (χ0v) is 16.4. The monoisotopic (exact) mass is 386 g/mol. The summed E-state index contributed by atoms with van der Waals surface area (Å²) in [5, 5.41) is 9.86. The van der Waals surface area contributed by atoms with Crippen molar-refractivity contribution in [3.63, 3.8) is 0 Å². The Hall–Kier alpha value is -3.53. The van der Waals surface area contributed by atoms with Crippen LogP contribution in [-0.2, 0) is 12.8 Å². The van der Waals surface area contributed by atoms with Crippen LogP contribution in [0.1, 0.15) is 67.2 Å². The molecule has 0 amide bonds. The smallest absolute Gasteiger partial charge is 0.336 e. The van der Waals surface area contributed by atoms with E-state index >= 15 is 0 Å². The molecular weight excluding hydrogens is 364 g/mol. The average molecular weight is 386 g/mol. The quantitative estimate of drug-likeness (QED) is 0.582. The molecule has 0 aliphatic rings. The molecule has 29 heavy (non-hydrogen) atoms. The molecule has 0 radical (unpaired) electrons. The van der Waals surface area contributed by atoms with Gasteiger partial charge in [0.15, 0.2) is 11.6 Å². The van der Waals surface area contributed by atoms with Crippen LogP contribution in [0.3, 0.4) is 0 Å². The van der Waals surface area contributed by atoms with E-state index in [0.717, 1.165) is 5.56 Å². The Morgan fingerprint density at radius 2 is 1.17 bits per heavy atom. The van der Waals surface area contributed by atoms with Gasteiger partial charge in [-0.3, -0.25) is 9.59 Å². The second kappa shape index (κ2) is 8.65. The minimum Gasteiger partial charge on any atom is -0.478 e. The molecule has 0 aromatic heterocycles. The van der Waals surface area contributed by atoms with Crippen molar-refractivity contribution in [2.75, 3.05) is 0 Å². The van der Waals surface area contributed by atoms with Crippen LogP contribution in [0.4, 0.5) is 0 Å². The van der Waals surface area contributed by atoms with E-state index in [4.69, 9.17) is 0 Å². The van der Waals surface area contributed by atoms with E-state index in [1.165, 1.54) is 6.07 Å². The largest absolute Gasteiger partial charge is 0.478 e. The van der Waals surface area contributed by atoms with Gasteiger partial charge in [0, 0.05) is 22.3 Å². The van der Waals surface area contributed by atoms with Crippen LogP contribution in [0, 0.1) is 0 Å². The highest BCUT2D eigenvalue weighted by molar-refractivity contribution is 6.18. The van der Waals surface area contributed by atoms with Crippen molar-refractivity contribution in [2.24, 2.45) is 0 Å². The lowest BCUT2D eigenvalue weighted by Crippen LogP contribution is -2.18. The summed E-state index contributed by atoms with van der Waals surface area (Å²) in [6.07, 6.45) is 0.972. The van der Waals surface area contributed by atoms with E-state index in [-0.39, 0.29) is 22.7 Å². The summed E-state index contributed by atoms with van der Waals surface area (Å²) in [7, 11) is 0. The number of aromatic carboxylic acids is 1. The normalized spacial score (nSPS) is 10.6. The molecule has 0 saturated heterocycles. The molecule has 0 aliphatic carbocycles. The number of carbonyl (C=O) groups excluding carboxylic acids is 2. The topological polar surface area (TPSA) is 71.4 Å². The van der Waals surface area contributed by atoms with Crippen molar-refractivity contribution in [1.29, 1.82) is 0 Å². The van der Waals surface area contributed by atoms with Crippen molar-refractivity contribution < 1.29 is 19.5 Å². The highest BCUT2D eigenvalue weighted by Crippen LogP contribution is 2.29. The van der Waals surface area contributed by atoms with Crippen LogP contribution >= 0.6 is 0 Å². The summed E-state index contributed by atoms with van der Waals surface area (Å²) in [6, 6.07) is 18.8. The van der Waals surface area contributed by atoms with Crippen molar-refractivity contribution in [2.45, 2.75) is 26.7 Å². The summed E-state index contributed by atoms with van der Waals surface area (Å²) in [6.45, 7) is 3.78.